The van der Waals surface area contributed by atoms with Crippen LogP contribution in [-0.4, -0.2) is 43.4 Å². The lowest BCUT2D eigenvalue weighted by molar-refractivity contribution is 0.462. The third-order valence-electron chi connectivity index (χ3n) is 3.98. The molecule has 0 aromatic heterocycles. The minimum Gasteiger partial charge on any atom is -0.748 e. The first-order chi connectivity index (χ1) is 9.39. The smallest absolute Gasteiger partial charge is 0.0947 e. The van der Waals surface area contributed by atoms with Crippen molar-refractivity contribution >= 4 is 17.4 Å². The molecule has 122 valence electrons. The Morgan fingerprint density at radius 2 is 1.10 bits per heavy atom. The van der Waals surface area contributed by atoms with Gasteiger partial charge < -0.3 is 4.55 Å². The van der Waals surface area contributed by atoms with Gasteiger partial charge in [-0.25, -0.2) is 8.42 Å². The molecule has 0 atom stereocenters. The van der Waals surface area contributed by atoms with Crippen molar-refractivity contribution in [1.82, 2.24) is 0 Å². The van der Waals surface area contributed by atoms with Gasteiger partial charge in [-0.15, -0.1) is 0 Å². The van der Waals surface area contributed by atoms with Gasteiger partial charge in [0.1, 0.15) is 0 Å². The first-order valence-corrected chi connectivity index (χ1v) is 12.3. The zero-order valence-electron chi connectivity index (χ0n) is 13.6. The SMILES string of the molecule is CCCC[P+](CCCC)(CCCC)CCCS(=O)(=O)[O-]. The van der Waals surface area contributed by atoms with Gasteiger partial charge in [0.05, 0.1) is 34.8 Å². The molecule has 0 saturated carbocycles. The molecule has 0 rings (SSSR count). The highest BCUT2D eigenvalue weighted by Crippen LogP contribution is 2.61. The molecule has 20 heavy (non-hydrogen) atoms. The van der Waals surface area contributed by atoms with Crippen molar-refractivity contribution in [3.05, 3.63) is 0 Å². The Morgan fingerprint density at radius 3 is 1.40 bits per heavy atom. The maximum absolute atomic E-state index is 10.8. The van der Waals surface area contributed by atoms with Crippen LogP contribution >= 0.6 is 7.26 Å². The van der Waals surface area contributed by atoms with Crippen molar-refractivity contribution in [2.24, 2.45) is 0 Å². The molecular formula is C15H33O3PS. The molecule has 0 saturated heterocycles. The van der Waals surface area contributed by atoms with Crippen LogP contribution in [0.1, 0.15) is 65.7 Å². The molecule has 5 heteroatoms. The summed E-state index contributed by atoms with van der Waals surface area (Å²) < 4.78 is 32.4. The van der Waals surface area contributed by atoms with Crippen LogP contribution in [0, 0.1) is 0 Å². The summed E-state index contributed by atoms with van der Waals surface area (Å²) in [7, 11) is -5.08. The molecule has 0 radical (unpaired) electrons. The van der Waals surface area contributed by atoms with Crippen molar-refractivity contribution in [1.29, 1.82) is 0 Å². The Balaban J connectivity index is 4.65. The quantitative estimate of drug-likeness (QED) is 0.374. The van der Waals surface area contributed by atoms with Gasteiger partial charge in [0.15, 0.2) is 0 Å². The van der Waals surface area contributed by atoms with E-state index in [0.29, 0.717) is 6.42 Å². The summed E-state index contributed by atoms with van der Waals surface area (Å²) in [6.07, 6.45) is 12.9. The van der Waals surface area contributed by atoms with Gasteiger partial charge in [0, 0.05) is 13.0 Å². The summed E-state index contributed by atoms with van der Waals surface area (Å²) in [6, 6.07) is 0. The van der Waals surface area contributed by atoms with E-state index >= 15 is 0 Å². The molecule has 3 nitrogen and oxygen atoms in total. The second-order valence-electron chi connectivity index (χ2n) is 5.91. The van der Waals surface area contributed by atoms with E-state index in [9.17, 15) is 13.0 Å². The number of unbranched alkanes of at least 4 members (excludes halogenated alkanes) is 3. The zero-order valence-corrected chi connectivity index (χ0v) is 15.3. The fourth-order valence-corrected chi connectivity index (χ4v) is 8.57. The molecule has 0 heterocycles. The van der Waals surface area contributed by atoms with Crippen LogP contribution in [0.4, 0.5) is 0 Å². The van der Waals surface area contributed by atoms with Gasteiger partial charge in [0.25, 0.3) is 0 Å². The molecule has 0 N–H and O–H groups in total. The summed E-state index contributed by atoms with van der Waals surface area (Å²) in [5.41, 5.74) is 0. The average molecular weight is 324 g/mol. The third-order valence-corrected chi connectivity index (χ3v) is 9.83. The van der Waals surface area contributed by atoms with E-state index in [1.165, 1.54) is 57.0 Å². The normalized spacial score (nSPS) is 12.8. The van der Waals surface area contributed by atoms with Crippen LogP contribution in [0.3, 0.4) is 0 Å². The average Bonchev–Trinajstić information content (AvgIpc) is 2.38. The van der Waals surface area contributed by atoms with Gasteiger partial charge >= 0.3 is 0 Å². The molecule has 0 bridgehead atoms. The molecular weight excluding hydrogens is 291 g/mol. The predicted octanol–water partition coefficient (Wildman–Crippen LogP) is 4.34. The van der Waals surface area contributed by atoms with Crippen LogP contribution in [0.25, 0.3) is 0 Å². The van der Waals surface area contributed by atoms with E-state index in [1.807, 2.05) is 0 Å². The van der Waals surface area contributed by atoms with Gasteiger partial charge in [-0.1, -0.05) is 40.0 Å². The fourth-order valence-electron chi connectivity index (χ4n) is 2.73. The molecule has 0 amide bonds. The molecule has 0 unspecified atom stereocenters. The molecule has 0 aromatic carbocycles. The molecule has 0 aromatic rings. The highest BCUT2D eigenvalue weighted by Gasteiger charge is 2.34. The molecule has 0 spiro atoms. The zero-order chi connectivity index (χ0) is 15.5. The Labute approximate surface area is 127 Å². The Hall–Kier alpha value is 0.340. The molecule has 0 aliphatic heterocycles. The van der Waals surface area contributed by atoms with Crippen molar-refractivity contribution < 1.29 is 13.0 Å². The standard InChI is InChI=1S/C15H33O3PS/c1-4-7-11-19(12-8-5-2,13-9-6-3)14-10-15-20(16,17)18/h4-15H2,1-3H3. The fraction of sp³-hybridized carbons (Fsp3) is 1.00. The number of hydrogen-bond donors (Lipinski definition) is 0. The Bertz CT molecular complexity index is 306. The minimum atomic E-state index is -4.04. The summed E-state index contributed by atoms with van der Waals surface area (Å²) in [4.78, 5) is 0. The van der Waals surface area contributed by atoms with Crippen LogP contribution in [0.5, 0.6) is 0 Å². The Kier molecular flexibility index (Phi) is 11.2. The monoisotopic (exact) mass is 324 g/mol. The van der Waals surface area contributed by atoms with Crippen molar-refractivity contribution in [2.45, 2.75) is 65.7 Å². The topological polar surface area (TPSA) is 57.2 Å². The van der Waals surface area contributed by atoms with Crippen LogP contribution < -0.4 is 0 Å². The lowest BCUT2D eigenvalue weighted by Crippen LogP contribution is -2.15. The minimum absolute atomic E-state index is 0.168. The second-order valence-corrected chi connectivity index (χ2v) is 11.9. The van der Waals surface area contributed by atoms with Crippen LogP contribution in [0.15, 0.2) is 0 Å². The third kappa shape index (κ3) is 10.1. The summed E-state index contributed by atoms with van der Waals surface area (Å²) >= 11 is 0. The molecule has 0 aliphatic carbocycles. The lowest BCUT2D eigenvalue weighted by atomic mass is 10.4. The number of rotatable bonds is 13. The van der Waals surface area contributed by atoms with Crippen LogP contribution in [0.2, 0.25) is 0 Å². The summed E-state index contributed by atoms with van der Waals surface area (Å²) in [5, 5.41) is 0. The summed E-state index contributed by atoms with van der Waals surface area (Å²) in [6.45, 7) is 6.66. The van der Waals surface area contributed by atoms with E-state index in [0.717, 1.165) is 6.16 Å². The first kappa shape index (κ1) is 20.3. The van der Waals surface area contributed by atoms with E-state index in [1.54, 1.807) is 0 Å². The van der Waals surface area contributed by atoms with Crippen molar-refractivity contribution in [2.75, 3.05) is 30.4 Å². The maximum atomic E-state index is 10.8. The van der Waals surface area contributed by atoms with Gasteiger partial charge in [-0.05, 0) is 25.7 Å². The van der Waals surface area contributed by atoms with E-state index in [-0.39, 0.29) is 5.75 Å². The maximum Gasteiger partial charge on any atom is 0.0947 e. The largest absolute Gasteiger partial charge is 0.748 e. The van der Waals surface area contributed by atoms with E-state index in [2.05, 4.69) is 20.8 Å². The Morgan fingerprint density at radius 1 is 0.750 bits per heavy atom. The lowest BCUT2D eigenvalue weighted by Gasteiger charge is -2.28. The van der Waals surface area contributed by atoms with Crippen molar-refractivity contribution in [3.8, 4) is 0 Å². The van der Waals surface area contributed by atoms with E-state index in [4.69, 9.17) is 0 Å². The van der Waals surface area contributed by atoms with Gasteiger partial charge in [0.2, 0.25) is 0 Å². The second kappa shape index (κ2) is 11.0. The van der Waals surface area contributed by atoms with Crippen LogP contribution in [-0.2, 0) is 10.1 Å². The first-order valence-electron chi connectivity index (χ1n) is 8.17. The van der Waals surface area contributed by atoms with E-state index < -0.39 is 17.4 Å². The highest BCUT2D eigenvalue weighted by atomic mass is 32.2. The highest BCUT2D eigenvalue weighted by molar-refractivity contribution is 7.85. The predicted molar refractivity (Wildman–Crippen MR) is 90.3 cm³/mol. The molecule has 0 fully saturated rings. The molecule has 0 aliphatic rings. The van der Waals surface area contributed by atoms with Gasteiger partial charge in [-0.3, -0.25) is 0 Å². The van der Waals surface area contributed by atoms with Crippen molar-refractivity contribution in [3.63, 3.8) is 0 Å². The van der Waals surface area contributed by atoms with Gasteiger partial charge in [-0.2, -0.15) is 0 Å². The number of hydrogen-bond acceptors (Lipinski definition) is 3. The summed E-state index contributed by atoms with van der Waals surface area (Å²) in [5.74, 6) is -0.168.